The van der Waals surface area contributed by atoms with Crippen LogP contribution in [0.4, 0.5) is 0 Å². The predicted octanol–water partition coefficient (Wildman–Crippen LogP) is 1.32. The van der Waals surface area contributed by atoms with Gasteiger partial charge in [-0.2, -0.15) is 11.8 Å². The largest absolute Gasteiger partial charge is 0.479 e. The van der Waals surface area contributed by atoms with Crippen LogP contribution in [-0.2, 0) is 4.79 Å². The van der Waals surface area contributed by atoms with Crippen molar-refractivity contribution in [3.8, 4) is 0 Å². The molecule has 1 aliphatic heterocycles. The average Bonchev–Trinajstić information content (AvgIpc) is 2.96. The van der Waals surface area contributed by atoms with Gasteiger partial charge in [-0.1, -0.05) is 12.1 Å². The molecule has 2 heterocycles. The second-order valence-corrected chi connectivity index (χ2v) is 5.99. The molecular weight excluding hydrogens is 290 g/mol. The number of benzene rings is 1. The Kier molecular flexibility index (Phi) is 3.50. The Labute approximate surface area is 125 Å². The van der Waals surface area contributed by atoms with Crippen LogP contribution in [0.25, 0.3) is 11.0 Å². The van der Waals surface area contributed by atoms with Gasteiger partial charge in [0, 0.05) is 5.75 Å². The van der Waals surface area contributed by atoms with E-state index in [1.54, 1.807) is 12.1 Å². The standard InChI is InChI=1S/C14H13N3O3S/c18-12(17-14(13(19)20)5-6-21-8-14)11-7-15-9-3-1-2-4-10(9)16-11/h1-4,7H,5-6,8H2,(H,17,18)(H,19,20)/t14-/m0/s1. The molecule has 1 saturated heterocycles. The number of aliphatic carboxylic acids is 1. The summed E-state index contributed by atoms with van der Waals surface area (Å²) in [4.78, 5) is 32.1. The molecule has 1 atom stereocenters. The second-order valence-electron chi connectivity index (χ2n) is 4.89. The van der Waals surface area contributed by atoms with Crippen LogP contribution in [-0.4, -0.2) is 44.0 Å². The topological polar surface area (TPSA) is 92.2 Å². The van der Waals surface area contributed by atoms with Crippen molar-refractivity contribution in [2.24, 2.45) is 0 Å². The number of nitrogens with one attached hydrogen (secondary N) is 1. The van der Waals surface area contributed by atoms with Crippen molar-refractivity contribution in [3.05, 3.63) is 36.2 Å². The minimum Gasteiger partial charge on any atom is -0.479 e. The van der Waals surface area contributed by atoms with Crippen molar-refractivity contribution < 1.29 is 14.7 Å². The summed E-state index contributed by atoms with van der Waals surface area (Å²) >= 11 is 1.52. The van der Waals surface area contributed by atoms with Crippen molar-refractivity contribution in [2.75, 3.05) is 11.5 Å². The number of hydrogen-bond donors (Lipinski definition) is 2. The zero-order chi connectivity index (χ0) is 14.9. The van der Waals surface area contributed by atoms with Gasteiger partial charge in [0.05, 0.1) is 17.2 Å². The fraction of sp³-hybridized carbons (Fsp3) is 0.286. The zero-order valence-electron chi connectivity index (χ0n) is 11.1. The normalized spacial score (nSPS) is 21.3. The lowest BCUT2D eigenvalue weighted by Crippen LogP contribution is -2.54. The van der Waals surface area contributed by atoms with Gasteiger partial charge in [-0.05, 0) is 24.3 Å². The molecule has 1 aliphatic rings. The van der Waals surface area contributed by atoms with Crippen LogP contribution in [0, 0.1) is 0 Å². The van der Waals surface area contributed by atoms with Gasteiger partial charge in [0.1, 0.15) is 11.2 Å². The van der Waals surface area contributed by atoms with E-state index in [-0.39, 0.29) is 5.69 Å². The predicted molar refractivity (Wildman–Crippen MR) is 79.3 cm³/mol. The van der Waals surface area contributed by atoms with Crippen LogP contribution in [0.15, 0.2) is 30.5 Å². The van der Waals surface area contributed by atoms with E-state index in [0.717, 1.165) is 5.75 Å². The Balaban J connectivity index is 1.88. The number of para-hydroxylation sites is 2. The summed E-state index contributed by atoms with van der Waals surface area (Å²) in [5.74, 6) is -0.418. The number of amides is 1. The van der Waals surface area contributed by atoms with Gasteiger partial charge in [0.25, 0.3) is 5.91 Å². The Bertz CT molecular complexity index is 713. The number of rotatable bonds is 3. The maximum atomic E-state index is 12.3. The van der Waals surface area contributed by atoms with E-state index in [2.05, 4.69) is 15.3 Å². The highest BCUT2D eigenvalue weighted by Gasteiger charge is 2.43. The quantitative estimate of drug-likeness (QED) is 0.888. The summed E-state index contributed by atoms with van der Waals surface area (Å²) in [5.41, 5.74) is 0.231. The van der Waals surface area contributed by atoms with Crippen LogP contribution in [0.2, 0.25) is 0 Å². The maximum absolute atomic E-state index is 12.3. The summed E-state index contributed by atoms with van der Waals surface area (Å²) in [7, 11) is 0. The van der Waals surface area contributed by atoms with Gasteiger partial charge in [0.15, 0.2) is 0 Å². The lowest BCUT2D eigenvalue weighted by molar-refractivity contribution is -0.143. The molecule has 0 saturated carbocycles. The van der Waals surface area contributed by atoms with E-state index >= 15 is 0 Å². The van der Waals surface area contributed by atoms with E-state index in [1.807, 2.05) is 12.1 Å². The van der Waals surface area contributed by atoms with E-state index in [4.69, 9.17) is 0 Å². The van der Waals surface area contributed by atoms with Gasteiger partial charge < -0.3 is 10.4 Å². The summed E-state index contributed by atoms with van der Waals surface area (Å²) in [6.07, 6.45) is 1.79. The molecule has 1 aromatic heterocycles. The molecule has 0 bridgehead atoms. The van der Waals surface area contributed by atoms with Crippen LogP contribution >= 0.6 is 11.8 Å². The van der Waals surface area contributed by atoms with Crippen LogP contribution in [0.3, 0.4) is 0 Å². The van der Waals surface area contributed by atoms with Crippen LogP contribution < -0.4 is 5.32 Å². The molecule has 1 aromatic carbocycles. The number of carboxylic acid groups (broad SMARTS) is 1. The number of nitrogens with zero attached hydrogens (tertiary/aromatic N) is 2. The van der Waals surface area contributed by atoms with E-state index in [0.29, 0.717) is 23.2 Å². The van der Waals surface area contributed by atoms with Gasteiger partial charge in [-0.3, -0.25) is 9.78 Å². The van der Waals surface area contributed by atoms with Crippen LogP contribution in [0.1, 0.15) is 16.9 Å². The number of hydrogen-bond acceptors (Lipinski definition) is 5. The molecule has 21 heavy (non-hydrogen) atoms. The second kappa shape index (κ2) is 5.33. The first-order chi connectivity index (χ1) is 10.1. The molecule has 0 aliphatic carbocycles. The van der Waals surface area contributed by atoms with Crippen molar-refractivity contribution in [2.45, 2.75) is 12.0 Å². The average molecular weight is 303 g/mol. The molecule has 2 N–H and O–H groups in total. The van der Waals surface area contributed by atoms with Crippen molar-refractivity contribution >= 4 is 34.7 Å². The zero-order valence-corrected chi connectivity index (χ0v) is 11.9. The van der Waals surface area contributed by atoms with Gasteiger partial charge in [-0.15, -0.1) is 0 Å². The molecular formula is C14H13N3O3S. The van der Waals surface area contributed by atoms with E-state index in [9.17, 15) is 14.7 Å². The third-order valence-electron chi connectivity index (χ3n) is 3.47. The molecule has 0 spiro atoms. The molecule has 6 nitrogen and oxygen atoms in total. The number of fused-ring (bicyclic) bond motifs is 1. The molecule has 7 heteroatoms. The maximum Gasteiger partial charge on any atom is 0.330 e. The molecule has 1 amide bonds. The van der Waals surface area contributed by atoms with Crippen molar-refractivity contribution in [1.82, 2.24) is 15.3 Å². The van der Waals surface area contributed by atoms with E-state index < -0.39 is 17.4 Å². The fourth-order valence-corrected chi connectivity index (χ4v) is 3.56. The minimum absolute atomic E-state index is 0.131. The Hall–Kier alpha value is -2.15. The van der Waals surface area contributed by atoms with Crippen LogP contribution in [0.5, 0.6) is 0 Å². The van der Waals surface area contributed by atoms with Gasteiger partial charge in [-0.25, -0.2) is 9.78 Å². The molecule has 0 unspecified atom stereocenters. The fourth-order valence-electron chi connectivity index (χ4n) is 2.23. The van der Waals surface area contributed by atoms with E-state index in [1.165, 1.54) is 18.0 Å². The highest BCUT2D eigenvalue weighted by atomic mass is 32.2. The smallest absolute Gasteiger partial charge is 0.330 e. The van der Waals surface area contributed by atoms with Crippen molar-refractivity contribution in [1.29, 1.82) is 0 Å². The Morgan fingerprint density at radius 2 is 2.05 bits per heavy atom. The first-order valence-electron chi connectivity index (χ1n) is 6.46. The SMILES string of the molecule is O=C(N[C@@]1(C(=O)O)CCSC1)c1cnc2ccccc2n1. The molecule has 108 valence electrons. The molecule has 3 rings (SSSR count). The lowest BCUT2D eigenvalue weighted by atomic mass is 9.99. The minimum atomic E-state index is -1.20. The summed E-state index contributed by atoms with van der Waals surface area (Å²) < 4.78 is 0. The molecule has 0 radical (unpaired) electrons. The highest BCUT2D eigenvalue weighted by molar-refractivity contribution is 7.99. The van der Waals surface area contributed by atoms with Gasteiger partial charge in [0.2, 0.25) is 0 Å². The third-order valence-corrected chi connectivity index (χ3v) is 4.65. The monoisotopic (exact) mass is 303 g/mol. The Morgan fingerprint density at radius 1 is 1.29 bits per heavy atom. The third kappa shape index (κ3) is 2.56. The Morgan fingerprint density at radius 3 is 2.71 bits per heavy atom. The first-order valence-corrected chi connectivity index (χ1v) is 7.62. The summed E-state index contributed by atoms with van der Waals surface area (Å²) in [6, 6.07) is 7.21. The highest BCUT2D eigenvalue weighted by Crippen LogP contribution is 2.28. The van der Waals surface area contributed by atoms with Gasteiger partial charge >= 0.3 is 5.97 Å². The first kappa shape index (κ1) is 13.8. The number of thioether (sulfide) groups is 1. The lowest BCUT2D eigenvalue weighted by Gasteiger charge is -2.24. The van der Waals surface area contributed by atoms with Crippen molar-refractivity contribution in [3.63, 3.8) is 0 Å². The number of carboxylic acids is 1. The molecule has 2 aromatic rings. The number of carbonyl (C=O) groups excluding carboxylic acids is 1. The summed E-state index contributed by atoms with van der Waals surface area (Å²) in [6.45, 7) is 0. The summed E-state index contributed by atoms with van der Waals surface area (Å²) in [5, 5.41) is 12.0. The molecule has 1 fully saturated rings. The number of aromatic nitrogens is 2. The number of carbonyl (C=O) groups is 2.